The molecule has 0 aliphatic heterocycles. The second-order valence-electron chi connectivity index (χ2n) is 5.99. The van der Waals surface area contributed by atoms with Crippen molar-refractivity contribution in [1.82, 2.24) is 10.3 Å². The lowest BCUT2D eigenvalue weighted by Crippen LogP contribution is -2.15. The second kappa shape index (κ2) is 5.86. The number of benzene rings is 1. The first-order valence-corrected chi connectivity index (χ1v) is 7.56. The smallest absolute Gasteiger partial charge is 0.222 e. The summed E-state index contributed by atoms with van der Waals surface area (Å²) >= 11 is 0. The summed E-state index contributed by atoms with van der Waals surface area (Å²) < 4.78 is 5.98. The van der Waals surface area contributed by atoms with E-state index in [4.69, 9.17) is 4.74 Å². The Bertz CT molecular complexity index is 648. The van der Waals surface area contributed by atoms with Gasteiger partial charge in [-0.05, 0) is 62.4 Å². The molecular formula is C18H22N2O. The van der Waals surface area contributed by atoms with Crippen molar-refractivity contribution >= 4 is 0 Å². The molecule has 3 rings (SSSR count). The quantitative estimate of drug-likeness (QED) is 0.898. The maximum atomic E-state index is 5.98. The molecule has 1 aliphatic carbocycles. The zero-order chi connectivity index (χ0) is 14.8. The van der Waals surface area contributed by atoms with Gasteiger partial charge < -0.3 is 10.1 Å². The van der Waals surface area contributed by atoms with Gasteiger partial charge in [0.25, 0.3) is 0 Å². The number of hydrogen-bond donors (Lipinski definition) is 1. The van der Waals surface area contributed by atoms with Crippen molar-refractivity contribution in [3.05, 3.63) is 52.7 Å². The fourth-order valence-electron chi connectivity index (χ4n) is 2.30. The fraction of sp³-hybridized carbons (Fsp3) is 0.389. The minimum Gasteiger partial charge on any atom is -0.438 e. The Labute approximate surface area is 126 Å². The van der Waals surface area contributed by atoms with Gasteiger partial charge in [-0.2, -0.15) is 0 Å². The summed E-state index contributed by atoms with van der Waals surface area (Å²) in [7, 11) is 0. The molecule has 0 atom stereocenters. The van der Waals surface area contributed by atoms with Crippen molar-refractivity contribution in [3.63, 3.8) is 0 Å². The van der Waals surface area contributed by atoms with E-state index in [1.54, 1.807) is 0 Å². The summed E-state index contributed by atoms with van der Waals surface area (Å²) in [5, 5.41) is 3.51. The predicted molar refractivity (Wildman–Crippen MR) is 84.8 cm³/mol. The summed E-state index contributed by atoms with van der Waals surface area (Å²) in [6.07, 6.45) is 4.52. The van der Waals surface area contributed by atoms with Crippen molar-refractivity contribution in [1.29, 1.82) is 0 Å². The van der Waals surface area contributed by atoms with Crippen LogP contribution in [0.25, 0.3) is 0 Å². The first-order valence-electron chi connectivity index (χ1n) is 7.56. The molecule has 1 aliphatic rings. The Hall–Kier alpha value is -1.87. The van der Waals surface area contributed by atoms with Gasteiger partial charge in [-0.25, -0.2) is 4.98 Å². The Morgan fingerprint density at radius 3 is 2.67 bits per heavy atom. The molecule has 1 fully saturated rings. The highest BCUT2D eigenvalue weighted by molar-refractivity contribution is 5.40. The highest BCUT2D eigenvalue weighted by Crippen LogP contribution is 2.27. The van der Waals surface area contributed by atoms with Crippen LogP contribution in [0.2, 0.25) is 0 Å². The number of pyridine rings is 1. The molecule has 21 heavy (non-hydrogen) atoms. The van der Waals surface area contributed by atoms with Crippen LogP contribution in [0, 0.1) is 20.8 Å². The van der Waals surface area contributed by atoms with Gasteiger partial charge in [0.05, 0.1) is 0 Å². The summed E-state index contributed by atoms with van der Waals surface area (Å²) in [6, 6.07) is 9.10. The molecular weight excluding hydrogens is 260 g/mol. The topological polar surface area (TPSA) is 34.1 Å². The van der Waals surface area contributed by atoms with Crippen LogP contribution in [-0.2, 0) is 6.54 Å². The van der Waals surface area contributed by atoms with Crippen LogP contribution in [0.4, 0.5) is 0 Å². The molecule has 1 N–H and O–H groups in total. The normalized spacial score (nSPS) is 14.2. The molecule has 110 valence electrons. The molecule has 2 aromatic rings. The number of nitrogens with one attached hydrogen (secondary N) is 1. The maximum Gasteiger partial charge on any atom is 0.222 e. The average Bonchev–Trinajstić information content (AvgIpc) is 3.27. The Morgan fingerprint density at radius 1 is 1.14 bits per heavy atom. The number of aromatic nitrogens is 1. The Balaban J connectivity index is 1.74. The van der Waals surface area contributed by atoms with Gasteiger partial charge in [-0.3, -0.25) is 0 Å². The molecule has 0 amide bonds. The lowest BCUT2D eigenvalue weighted by atomic mass is 10.1. The van der Waals surface area contributed by atoms with Crippen molar-refractivity contribution in [2.45, 2.75) is 46.2 Å². The summed E-state index contributed by atoms with van der Waals surface area (Å²) in [6.45, 7) is 7.06. The van der Waals surface area contributed by atoms with Crippen LogP contribution >= 0.6 is 0 Å². The van der Waals surface area contributed by atoms with Crippen LogP contribution in [0.15, 0.2) is 30.5 Å². The predicted octanol–water partition coefficient (Wildman–Crippen LogP) is 4.05. The molecule has 0 bridgehead atoms. The van der Waals surface area contributed by atoms with Gasteiger partial charge in [-0.1, -0.05) is 12.1 Å². The SMILES string of the molecule is Cc1ccc(C)c(Oc2ncc(CNC3CC3)cc2C)c1. The highest BCUT2D eigenvalue weighted by atomic mass is 16.5. The van der Waals surface area contributed by atoms with E-state index in [9.17, 15) is 0 Å². The standard InChI is InChI=1S/C18H22N2O/c1-12-4-5-13(2)17(8-12)21-18-14(3)9-15(11-20-18)10-19-16-6-7-16/h4-5,8-9,11,16,19H,6-7,10H2,1-3H3. The minimum atomic E-state index is 0.693. The number of nitrogens with zero attached hydrogens (tertiary/aromatic N) is 1. The molecule has 1 aromatic carbocycles. The molecule has 0 spiro atoms. The monoisotopic (exact) mass is 282 g/mol. The van der Waals surface area contributed by atoms with Crippen molar-refractivity contribution < 1.29 is 4.74 Å². The lowest BCUT2D eigenvalue weighted by Gasteiger charge is -2.12. The van der Waals surface area contributed by atoms with E-state index in [0.717, 1.165) is 29.5 Å². The van der Waals surface area contributed by atoms with Gasteiger partial charge in [0.1, 0.15) is 5.75 Å². The molecule has 3 nitrogen and oxygen atoms in total. The molecule has 1 saturated carbocycles. The Kier molecular flexibility index (Phi) is 3.93. The largest absolute Gasteiger partial charge is 0.438 e. The molecule has 0 saturated heterocycles. The summed E-state index contributed by atoms with van der Waals surface area (Å²) in [5.41, 5.74) is 4.61. The molecule has 3 heteroatoms. The van der Waals surface area contributed by atoms with Crippen molar-refractivity contribution in [2.75, 3.05) is 0 Å². The first-order chi connectivity index (χ1) is 10.1. The lowest BCUT2D eigenvalue weighted by molar-refractivity contribution is 0.454. The number of ether oxygens (including phenoxy) is 1. The summed E-state index contributed by atoms with van der Waals surface area (Å²) in [4.78, 5) is 4.48. The Morgan fingerprint density at radius 2 is 1.95 bits per heavy atom. The minimum absolute atomic E-state index is 0.693. The third kappa shape index (κ3) is 3.61. The maximum absolute atomic E-state index is 5.98. The van der Waals surface area contributed by atoms with E-state index in [1.165, 1.54) is 24.0 Å². The van der Waals surface area contributed by atoms with Gasteiger partial charge in [0.2, 0.25) is 5.88 Å². The van der Waals surface area contributed by atoms with Crippen LogP contribution in [0.1, 0.15) is 35.1 Å². The number of hydrogen-bond acceptors (Lipinski definition) is 3. The summed E-state index contributed by atoms with van der Waals surface area (Å²) in [5.74, 6) is 1.58. The van der Waals surface area contributed by atoms with E-state index < -0.39 is 0 Å². The van der Waals surface area contributed by atoms with Crippen LogP contribution < -0.4 is 10.1 Å². The molecule has 0 radical (unpaired) electrons. The second-order valence-corrected chi connectivity index (χ2v) is 5.99. The van der Waals surface area contributed by atoms with E-state index in [1.807, 2.05) is 13.1 Å². The van der Waals surface area contributed by atoms with Gasteiger partial charge in [0, 0.05) is 24.3 Å². The van der Waals surface area contributed by atoms with Crippen molar-refractivity contribution in [2.24, 2.45) is 0 Å². The van der Waals surface area contributed by atoms with E-state index in [0.29, 0.717) is 5.88 Å². The molecule has 1 aromatic heterocycles. The zero-order valence-electron chi connectivity index (χ0n) is 12.9. The van der Waals surface area contributed by atoms with Gasteiger partial charge >= 0.3 is 0 Å². The van der Waals surface area contributed by atoms with Crippen molar-refractivity contribution in [3.8, 4) is 11.6 Å². The van der Waals surface area contributed by atoms with Gasteiger partial charge in [-0.15, -0.1) is 0 Å². The molecule has 1 heterocycles. The average molecular weight is 282 g/mol. The van der Waals surface area contributed by atoms with E-state index in [2.05, 4.69) is 48.4 Å². The zero-order valence-corrected chi connectivity index (χ0v) is 12.9. The van der Waals surface area contributed by atoms with Crippen LogP contribution in [-0.4, -0.2) is 11.0 Å². The first kappa shape index (κ1) is 14.1. The van der Waals surface area contributed by atoms with Crippen LogP contribution in [0.3, 0.4) is 0 Å². The van der Waals surface area contributed by atoms with Crippen LogP contribution in [0.5, 0.6) is 11.6 Å². The number of aryl methyl sites for hydroxylation is 3. The van der Waals surface area contributed by atoms with E-state index >= 15 is 0 Å². The van der Waals surface area contributed by atoms with Gasteiger partial charge in [0.15, 0.2) is 0 Å². The third-order valence-electron chi connectivity index (χ3n) is 3.81. The highest BCUT2D eigenvalue weighted by Gasteiger charge is 2.20. The fourth-order valence-corrected chi connectivity index (χ4v) is 2.30. The molecule has 0 unspecified atom stereocenters. The third-order valence-corrected chi connectivity index (χ3v) is 3.81. The van der Waals surface area contributed by atoms with E-state index in [-0.39, 0.29) is 0 Å². The number of rotatable bonds is 5.